The van der Waals surface area contributed by atoms with Crippen molar-refractivity contribution in [3.05, 3.63) is 0 Å². The summed E-state index contributed by atoms with van der Waals surface area (Å²) in [5.41, 5.74) is -0.818. The molecule has 0 unspecified atom stereocenters. The molecule has 2 rings (SSSR count). The minimum absolute atomic E-state index is 0.0873. The molecule has 20 heavy (non-hydrogen) atoms. The van der Waals surface area contributed by atoms with Crippen LogP contribution in [0.4, 0.5) is 4.79 Å². The Morgan fingerprint density at radius 2 is 2.30 bits per heavy atom. The normalized spacial score (nSPS) is 29.2. The molecule has 1 spiro atoms. The maximum Gasteiger partial charge on any atom is 0.325 e. The summed E-state index contributed by atoms with van der Waals surface area (Å²) in [7, 11) is 0. The van der Waals surface area contributed by atoms with Gasteiger partial charge in [0.1, 0.15) is 12.1 Å². The van der Waals surface area contributed by atoms with Crippen LogP contribution in [0.1, 0.15) is 32.6 Å². The monoisotopic (exact) mass is 277 g/mol. The summed E-state index contributed by atoms with van der Waals surface area (Å²) in [5, 5.41) is 5.25. The molecule has 0 aromatic heterocycles. The number of carbonyl (C=O) groups excluding carboxylic acids is 3. The Morgan fingerprint density at radius 1 is 1.55 bits per heavy atom. The molecule has 1 saturated heterocycles. The second-order valence-corrected chi connectivity index (χ2v) is 5.42. The largest absolute Gasteiger partial charge is 0.344 e. The minimum atomic E-state index is -0.818. The van der Waals surface area contributed by atoms with Gasteiger partial charge in [0, 0.05) is 0 Å². The Labute approximate surface area is 118 Å². The van der Waals surface area contributed by atoms with Crippen molar-refractivity contribution in [3.8, 4) is 12.3 Å². The van der Waals surface area contributed by atoms with Crippen LogP contribution < -0.4 is 10.6 Å². The van der Waals surface area contributed by atoms with Gasteiger partial charge in [-0.05, 0) is 18.8 Å². The Hall–Kier alpha value is -2.03. The van der Waals surface area contributed by atoms with E-state index in [0.29, 0.717) is 6.42 Å². The number of imide groups is 1. The first kappa shape index (κ1) is 14.4. The van der Waals surface area contributed by atoms with Crippen LogP contribution in [-0.4, -0.2) is 41.4 Å². The highest BCUT2D eigenvalue weighted by Crippen LogP contribution is 2.37. The van der Waals surface area contributed by atoms with Gasteiger partial charge in [-0.15, -0.1) is 6.42 Å². The molecule has 0 radical (unpaired) electrons. The summed E-state index contributed by atoms with van der Waals surface area (Å²) in [4.78, 5) is 37.1. The lowest BCUT2D eigenvalue weighted by Gasteiger charge is -2.36. The van der Waals surface area contributed by atoms with Crippen molar-refractivity contribution in [2.75, 3.05) is 13.1 Å². The van der Waals surface area contributed by atoms with Gasteiger partial charge in [-0.2, -0.15) is 0 Å². The van der Waals surface area contributed by atoms with Crippen LogP contribution in [0.25, 0.3) is 0 Å². The number of hydrogen-bond acceptors (Lipinski definition) is 3. The SMILES string of the molecule is C#CCNC(=O)CN1C(=O)N[C@]2(CCCC[C@@H]2C)C1=O. The van der Waals surface area contributed by atoms with Crippen LogP contribution in [0, 0.1) is 18.3 Å². The number of nitrogens with zero attached hydrogens (tertiary/aromatic N) is 1. The average Bonchev–Trinajstić information content (AvgIpc) is 2.65. The summed E-state index contributed by atoms with van der Waals surface area (Å²) in [6.45, 7) is 1.78. The van der Waals surface area contributed by atoms with Crippen molar-refractivity contribution in [1.82, 2.24) is 15.5 Å². The van der Waals surface area contributed by atoms with E-state index in [1.54, 1.807) is 0 Å². The number of terminal acetylenes is 1. The zero-order valence-electron chi connectivity index (χ0n) is 11.6. The third-order valence-electron chi connectivity index (χ3n) is 4.19. The molecule has 2 atom stereocenters. The second-order valence-electron chi connectivity index (χ2n) is 5.42. The molecular formula is C14H19N3O3. The lowest BCUT2D eigenvalue weighted by Crippen LogP contribution is -2.54. The van der Waals surface area contributed by atoms with Crippen LogP contribution in [0.2, 0.25) is 0 Å². The smallest absolute Gasteiger partial charge is 0.325 e. The molecule has 1 aliphatic carbocycles. The van der Waals surface area contributed by atoms with E-state index >= 15 is 0 Å². The molecule has 108 valence electrons. The van der Waals surface area contributed by atoms with Crippen LogP contribution in [0.15, 0.2) is 0 Å². The van der Waals surface area contributed by atoms with E-state index in [-0.39, 0.29) is 24.9 Å². The van der Waals surface area contributed by atoms with Gasteiger partial charge in [-0.25, -0.2) is 4.79 Å². The summed E-state index contributed by atoms with van der Waals surface area (Å²) in [5.74, 6) is 1.65. The number of amides is 4. The number of nitrogens with one attached hydrogen (secondary N) is 2. The zero-order chi connectivity index (χ0) is 14.8. The highest BCUT2D eigenvalue weighted by molar-refractivity contribution is 6.09. The Bertz CT molecular complexity index is 483. The predicted octanol–water partition coefficient (Wildman–Crippen LogP) is 0.236. The summed E-state index contributed by atoms with van der Waals surface area (Å²) in [6.07, 6.45) is 8.57. The van der Waals surface area contributed by atoms with Gasteiger partial charge < -0.3 is 10.6 Å². The molecule has 4 amide bonds. The minimum Gasteiger partial charge on any atom is -0.344 e. The third-order valence-corrected chi connectivity index (χ3v) is 4.19. The first-order chi connectivity index (χ1) is 9.51. The van der Waals surface area contributed by atoms with Crippen LogP contribution in [0.5, 0.6) is 0 Å². The first-order valence-corrected chi connectivity index (χ1v) is 6.85. The number of urea groups is 1. The fourth-order valence-corrected chi connectivity index (χ4v) is 2.99. The van der Waals surface area contributed by atoms with Gasteiger partial charge in [0.05, 0.1) is 6.54 Å². The Morgan fingerprint density at radius 3 is 2.95 bits per heavy atom. The maximum atomic E-state index is 12.5. The van der Waals surface area contributed by atoms with Crippen molar-refractivity contribution in [3.63, 3.8) is 0 Å². The molecule has 0 aromatic carbocycles. The fourth-order valence-electron chi connectivity index (χ4n) is 2.99. The highest BCUT2D eigenvalue weighted by atomic mass is 16.2. The van der Waals surface area contributed by atoms with Crippen molar-refractivity contribution in [1.29, 1.82) is 0 Å². The Balaban J connectivity index is 2.09. The second kappa shape index (κ2) is 5.53. The van der Waals surface area contributed by atoms with Gasteiger partial charge >= 0.3 is 6.03 Å². The average molecular weight is 277 g/mol. The van der Waals surface area contributed by atoms with Crippen LogP contribution >= 0.6 is 0 Å². The zero-order valence-corrected chi connectivity index (χ0v) is 11.6. The molecule has 0 bridgehead atoms. The molecule has 2 aliphatic rings. The quantitative estimate of drug-likeness (QED) is 0.573. The number of carbonyl (C=O) groups is 3. The van der Waals surface area contributed by atoms with Crippen LogP contribution in [0.3, 0.4) is 0 Å². The summed E-state index contributed by atoms with van der Waals surface area (Å²) >= 11 is 0. The summed E-state index contributed by atoms with van der Waals surface area (Å²) in [6, 6.07) is -0.486. The number of hydrogen-bond donors (Lipinski definition) is 2. The van der Waals surface area contributed by atoms with E-state index in [4.69, 9.17) is 6.42 Å². The molecule has 0 aromatic rings. The standard InChI is InChI=1S/C14H19N3O3/c1-3-8-15-11(18)9-17-12(19)14(16-13(17)20)7-5-4-6-10(14)2/h1,10H,4-9H2,2H3,(H,15,18)(H,16,20)/t10-,14-/m0/s1. The molecule has 6 heteroatoms. The topological polar surface area (TPSA) is 78.5 Å². The molecule has 6 nitrogen and oxygen atoms in total. The van der Waals surface area contributed by atoms with Crippen molar-refractivity contribution >= 4 is 17.8 Å². The number of rotatable bonds is 3. The van der Waals surface area contributed by atoms with Gasteiger partial charge in [0.25, 0.3) is 5.91 Å². The predicted molar refractivity (Wildman–Crippen MR) is 72.5 cm³/mol. The fraction of sp³-hybridized carbons (Fsp3) is 0.643. The van der Waals surface area contributed by atoms with Gasteiger partial charge in [0.2, 0.25) is 5.91 Å². The van der Waals surface area contributed by atoms with Crippen molar-refractivity contribution < 1.29 is 14.4 Å². The molecule has 1 saturated carbocycles. The van der Waals surface area contributed by atoms with Gasteiger partial charge in [-0.1, -0.05) is 25.7 Å². The molecule has 2 fully saturated rings. The third kappa shape index (κ3) is 2.36. The van der Waals surface area contributed by atoms with E-state index in [1.165, 1.54) is 0 Å². The van der Waals surface area contributed by atoms with Gasteiger partial charge in [0.15, 0.2) is 0 Å². The molecule has 2 N–H and O–H groups in total. The lowest BCUT2D eigenvalue weighted by atomic mass is 9.73. The van der Waals surface area contributed by atoms with E-state index < -0.39 is 17.5 Å². The maximum absolute atomic E-state index is 12.5. The molecular weight excluding hydrogens is 258 g/mol. The lowest BCUT2D eigenvalue weighted by molar-refractivity contribution is -0.137. The van der Waals surface area contributed by atoms with E-state index in [1.807, 2.05) is 6.92 Å². The molecule has 1 heterocycles. The van der Waals surface area contributed by atoms with E-state index in [9.17, 15) is 14.4 Å². The first-order valence-electron chi connectivity index (χ1n) is 6.85. The van der Waals surface area contributed by atoms with Gasteiger partial charge in [-0.3, -0.25) is 14.5 Å². The van der Waals surface area contributed by atoms with E-state index in [2.05, 4.69) is 16.6 Å². The Kier molecular flexibility index (Phi) is 3.98. The molecule has 1 aliphatic heterocycles. The summed E-state index contributed by atoms with van der Waals surface area (Å²) < 4.78 is 0. The van der Waals surface area contributed by atoms with Crippen molar-refractivity contribution in [2.45, 2.75) is 38.1 Å². The van der Waals surface area contributed by atoms with Crippen LogP contribution in [-0.2, 0) is 9.59 Å². The van der Waals surface area contributed by atoms with Crippen molar-refractivity contribution in [2.24, 2.45) is 5.92 Å². The van der Waals surface area contributed by atoms with E-state index in [0.717, 1.165) is 24.2 Å². The highest BCUT2D eigenvalue weighted by Gasteiger charge is 2.55.